The summed E-state index contributed by atoms with van der Waals surface area (Å²) in [7, 11) is 0. The fourth-order valence-corrected chi connectivity index (χ4v) is 3.03. The van der Waals surface area contributed by atoms with Crippen LogP contribution in [-0.4, -0.2) is 12.6 Å². The Balaban J connectivity index is 2.26. The Labute approximate surface area is 130 Å². The number of nitrogens with zero attached hydrogens (tertiary/aromatic N) is 1. The number of nitrogens with one attached hydrogen (secondary N) is 1. The van der Waals surface area contributed by atoms with E-state index in [1.54, 1.807) is 23.5 Å². The highest BCUT2D eigenvalue weighted by molar-refractivity contribution is 7.09. The van der Waals surface area contributed by atoms with Gasteiger partial charge in [0.25, 0.3) is 0 Å². The van der Waals surface area contributed by atoms with Crippen molar-refractivity contribution < 1.29 is 4.39 Å². The van der Waals surface area contributed by atoms with Gasteiger partial charge in [-0.25, -0.2) is 4.39 Å². The normalized spacial score (nSPS) is 11.1. The van der Waals surface area contributed by atoms with E-state index < -0.39 is 0 Å². The molecule has 4 heteroatoms. The summed E-state index contributed by atoms with van der Waals surface area (Å²) >= 11 is 1.71. The summed E-state index contributed by atoms with van der Waals surface area (Å²) in [6.45, 7) is 8.49. The van der Waals surface area contributed by atoms with E-state index in [4.69, 9.17) is 0 Å². The molecule has 0 spiro atoms. The first-order valence-corrected chi connectivity index (χ1v) is 8.28. The molecule has 0 saturated carbocycles. The third-order valence-electron chi connectivity index (χ3n) is 3.40. The Bertz CT molecular complexity index is 552. The zero-order chi connectivity index (χ0) is 15.2. The van der Waals surface area contributed by atoms with E-state index in [-0.39, 0.29) is 5.82 Å². The second-order valence-corrected chi connectivity index (χ2v) is 6.41. The van der Waals surface area contributed by atoms with Gasteiger partial charge in [-0.05, 0) is 30.0 Å². The first kappa shape index (κ1) is 16.0. The summed E-state index contributed by atoms with van der Waals surface area (Å²) in [5, 5.41) is 5.44. The fourth-order valence-electron chi connectivity index (χ4n) is 2.31. The smallest absolute Gasteiger partial charge is 0.146 e. The van der Waals surface area contributed by atoms with Crippen LogP contribution in [-0.2, 0) is 13.1 Å². The molecule has 21 heavy (non-hydrogen) atoms. The van der Waals surface area contributed by atoms with E-state index in [1.165, 1.54) is 4.88 Å². The summed E-state index contributed by atoms with van der Waals surface area (Å²) < 4.78 is 14.4. The Morgan fingerprint density at radius 2 is 2.05 bits per heavy atom. The molecule has 2 nitrogen and oxygen atoms in total. The molecular weight excluding hydrogens is 283 g/mol. The number of anilines is 1. The quantitative estimate of drug-likeness (QED) is 0.815. The van der Waals surface area contributed by atoms with Crippen LogP contribution in [0.2, 0.25) is 0 Å². The molecule has 0 bridgehead atoms. The number of halogens is 1. The molecule has 1 N–H and O–H groups in total. The van der Waals surface area contributed by atoms with Gasteiger partial charge in [-0.1, -0.05) is 32.0 Å². The van der Waals surface area contributed by atoms with E-state index in [1.807, 2.05) is 12.1 Å². The molecule has 0 saturated heterocycles. The highest BCUT2D eigenvalue weighted by Gasteiger charge is 2.15. The highest BCUT2D eigenvalue weighted by atomic mass is 32.1. The Kier molecular flexibility index (Phi) is 5.76. The van der Waals surface area contributed by atoms with Crippen LogP contribution < -0.4 is 10.2 Å². The number of benzene rings is 1. The third-order valence-corrected chi connectivity index (χ3v) is 4.26. The summed E-state index contributed by atoms with van der Waals surface area (Å²) in [6, 6.07) is 9.86. The van der Waals surface area contributed by atoms with Gasteiger partial charge in [0.2, 0.25) is 0 Å². The monoisotopic (exact) mass is 306 g/mol. The first-order chi connectivity index (χ1) is 10.1. The van der Waals surface area contributed by atoms with Crippen molar-refractivity contribution >= 4 is 17.0 Å². The van der Waals surface area contributed by atoms with Crippen LogP contribution in [0, 0.1) is 5.82 Å². The molecule has 0 aliphatic heterocycles. The van der Waals surface area contributed by atoms with Crippen molar-refractivity contribution in [2.45, 2.75) is 39.9 Å². The highest BCUT2D eigenvalue weighted by Crippen LogP contribution is 2.27. The van der Waals surface area contributed by atoms with Crippen LogP contribution in [0.4, 0.5) is 10.1 Å². The number of hydrogen-bond acceptors (Lipinski definition) is 3. The lowest BCUT2D eigenvalue weighted by Gasteiger charge is -2.26. The molecule has 0 aliphatic carbocycles. The molecule has 2 aromatic rings. The molecule has 0 unspecified atom stereocenters. The van der Waals surface area contributed by atoms with Crippen molar-refractivity contribution in [1.82, 2.24) is 5.32 Å². The fraction of sp³-hybridized carbons (Fsp3) is 0.412. The largest absolute Gasteiger partial charge is 0.364 e. The third kappa shape index (κ3) is 4.29. The van der Waals surface area contributed by atoms with E-state index in [9.17, 15) is 4.39 Å². The lowest BCUT2D eigenvalue weighted by atomic mass is 10.1. The molecule has 1 aromatic carbocycles. The van der Waals surface area contributed by atoms with Gasteiger partial charge >= 0.3 is 0 Å². The van der Waals surface area contributed by atoms with Crippen molar-refractivity contribution in [3.63, 3.8) is 0 Å². The number of thiophene rings is 1. The van der Waals surface area contributed by atoms with E-state index in [0.717, 1.165) is 24.3 Å². The second-order valence-electron chi connectivity index (χ2n) is 5.38. The maximum atomic E-state index is 14.4. The zero-order valence-electron chi connectivity index (χ0n) is 12.9. The first-order valence-electron chi connectivity index (χ1n) is 7.40. The van der Waals surface area contributed by atoms with Gasteiger partial charge in [-0.3, -0.25) is 0 Å². The van der Waals surface area contributed by atoms with E-state index >= 15 is 0 Å². The molecule has 1 heterocycles. The molecule has 114 valence electrons. The Morgan fingerprint density at radius 1 is 1.24 bits per heavy atom. The molecule has 2 rings (SSSR count). The second kappa shape index (κ2) is 7.57. The van der Waals surface area contributed by atoms with Crippen molar-refractivity contribution in [1.29, 1.82) is 0 Å². The molecule has 0 radical (unpaired) electrons. The Hall–Kier alpha value is -1.39. The van der Waals surface area contributed by atoms with Gasteiger partial charge in [0.15, 0.2) is 0 Å². The van der Waals surface area contributed by atoms with Crippen LogP contribution in [0.5, 0.6) is 0 Å². The molecule has 1 aromatic heterocycles. The van der Waals surface area contributed by atoms with Gasteiger partial charge in [-0.2, -0.15) is 0 Å². The maximum Gasteiger partial charge on any atom is 0.146 e. The predicted octanol–water partition coefficient (Wildman–Crippen LogP) is 4.41. The van der Waals surface area contributed by atoms with E-state index in [2.05, 4.69) is 42.4 Å². The van der Waals surface area contributed by atoms with Gasteiger partial charge in [0, 0.05) is 24.0 Å². The van der Waals surface area contributed by atoms with Gasteiger partial charge in [0.1, 0.15) is 5.82 Å². The van der Waals surface area contributed by atoms with Crippen molar-refractivity contribution in [2.24, 2.45) is 0 Å². The molecule has 0 aliphatic rings. The summed E-state index contributed by atoms with van der Waals surface area (Å²) in [6.07, 6.45) is 0. The average Bonchev–Trinajstić information content (AvgIpc) is 2.96. The SMILES string of the molecule is CCN(Cc1cccs1)c1c(F)cccc1CNC(C)C. The minimum absolute atomic E-state index is 0.142. The predicted molar refractivity (Wildman–Crippen MR) is 89.4 cm³/mol. The standard InChI is InChI=1S/C17H23FN2S/c1-4-20(12-15-8-6-10-21-15)17-14(11-19-13(2)3)7-5-9-16(17)18/h5-10,13,19H,4,11-12H2,1-3H3. The minimum Gasteiger partial charge on any atom is -0.364 e. The van der Waals surface area contributed by atoms with Crippen LogP contribution in [0.15, 0.2) is 35.7 Å². The average molecular weight is 306 g/mol. The number of para-hydroxylation sites is 1. The van der Waals surface area contributed by atoms with Crippen molar-refractivity contribution in [3.8, 4) is 0 Å². The van der Waals surface area contributed by atoms with Crippen molar-refractivity contribution in [2.75, 3.05) is 11.4 Å². The van der Waals surface area contributed by atoms with Gasteiger partial charge < -0.3 is 10.2 Å². The van der Waals surface area contributed by atoms with Gasteiger partial charge in [0.05, 0.1) is 12.2 Å². The topological polar surface area (TPSA) is 15.3 Å². The maximum absolute atomic E-state index is 14.4. The number of rotatable bonds is 7. The van der Waals surface area contributed by atoms with Crippen LogP contribution in [0.3, 0.4) is 0 Å². The lowest BCUT2D eigenvalue weighted by Crippen LogP contribution is -2.27. The van der Waals surface area contributed by atoms with E-state index in [0.29, 0.717) is 12.6 Å². The Morgan fingerprint density at radius 3 is 2.67 bits per heavy atom. The number of hydrogen-bond donors (Lipinski definition) is 1. The van der Waals surface area contributed by atoms with Crippen LogP contribution >= 0.6 is 11.3 Å². The minimum atomic E-state index is -0.142. The molecule has 0 fully saturated rings. The lowest BCUT2D eigenvalue weighted by molar-refractivity contribution is 0.577. The van der Waals surface area contributed by atoms with Gasteiger partial charge in [-0.15, -0.1) is 11.3 Å². The van der Waals surface area contributed by atoms with Crippen LogP contribution in [0.25, 0.3) is 0 Å². The van der Waals surface area contributed by atoms with Crippen LogP contribution in [0.1, 0.15) is 31.2 Å². The zero-order valence-corrected chi connectivity index (χ0v) is 13.7. The molecule has 0 amide bonds. The summed E-state index contributed by atoms with van der Waals surface area (Å²) in [4.78, 5) is 3.36. The molecule has 0 atom stereocenters. The summed E-state index contributed by atoms with van der Waals surface area (Å²) in [5.41, 5.74) is 1.74. The van der Waals surface area contributed by atoms with Crippen molar-refractivity contribution in [3.05, 3.63) is 52.0 Å². The summed E-state index contributed by atoms with van der Waals surface area (Å²) in [5.74, 6) is -0.142. The molecular formula is C17H23FN2S.